The molecular formula is C12H20N2O2. The normalized spacial score (nSPS) is 12.2. The molecule has 0 fully saturated rings. The monoisotopic (exact) mass is 224 g/mol. The molecule has 3 N–H and O–H groups in total. The lowest BCUT2D eigenvalue weighted by atomic mass is 10.1. The van der Waals surface area contributed by atoms with Crippen molar-refractivity contribution in [2.45, 2.75) is 19.5 Å². The Bertz CT molecular complexity index is 329. The minimum atomic E-state index is 0.298. The number of benzene rings is 1. The maximum absolute atomic E-state index is 5.54. The quantitative estimate of drug-likeness (QED) is 0.761. The molecule has 0 aliphatic rings. The third kappa shape index (κ3) is 3.40. The molecule has 90 valence electrons. The second-order valence-corrected chi connectivity index (χ2v) is 3.70. The van der Waals surface area contributed by atoms with E-state index in [1.165, 1.54) is 0 Å². The number of hydrogen-bond donors (Lipinski definition) is 2. The smallest absolute Gasteiger partial charge is 0.127 e. The summed E-state index contributed by atoms with van der Waals surface area (Å²) in [6.07, 6.45) is 0. The molecule has 1 atom stereocenters. The van der Waals surface area contributed by atoms with E-state index in [1.807, 2.05) is 18.2 Å². The van der Waals surface area contributed by atoms with Gasteiger partial charge in [-0.25, -0.2) is 0 Å². The Morgan fingerprint density at radius 2 is 2.06 bits per heavy atom. The SMILES string of the molecule is COc1ccc(CN[C@H](C)CN)c(OC)c1. The van der Waals surface area contributed by atoms with Crippen molar-refractivity contribution in [3.05, 3.63) is 23.8 Å². The van der Waals surface area contributed by atoms with Gasteiger partial charge in [0.2, 0.25) is 0 Å². The van der Waals surface area contributed by atoms with E-state index in [0.717, 1.165) is 23.6 Å². The van der Waals surface area contributed by atoms with E-state index < -0.39 is 0 Å². The molecule has 0 heterocycles. The van der Waals surface area contributed by atoms with E-state index in [1.54, 1.807) is 14.2 Å². The molecule has 0 bridgehead atoms. The largest absolute Gasteiger partial charge is 0.497 e. The van der Waals surface area contributed by atoms with Crippen LogP contribution in [0.5, 0.6) is 11.5 Å². The van der Waals surface area contributed by atoms with Crippen molar-refractivity contribution in [3.63, 3.8) is 0 Å². The minimum Gasteiger partial charge on any atom is -0.497 e. The molecule has 16 heavy (non-hydrogen) atoms. The first-order valence-electron chi connectivity index (χ1n) is 5.35. The van der Waals surface area contributed by atoms with Gasteiger partial charge in [0.25, 0.3) is 0 Å². The average Bonchev–Trinajstić information content (AvgIpc) is 2.35. The zero-order chi connectivity index (χ0) is 12.0. The molecule has 0 aliphatic heterocycles. The van der Waals surface area contributed by atoms with Crippen LogP contribution in [0.3, 0.4) is 0 Å². The first-order valence-corrected chi connectivity index (χ1v) is 5.35. The summed E-state index contributed by atoms with van der Waals surface area (Å²) in [6, 6.07) is 6.09. The van der Waals surface area contributed by atoms with Gasteiger partial charge in [0.05, 0.1) is 14.2 Å². The summed E-state index contributed by atoms with van der Waals surface area (Å²) in [5.74, 6) is 1.63. The topological polar surface area (TPSA) is 56.5 Å². The van der Waals surface area contributed by atoms with Crippen LogP contribution < -0.4 is 20.5 Å². The van der Waals surface area contributed by atoms with Gasteiger partial charge in [-0.05, 0) is 13.0 Å². The number of methoxy groups -OCH3 is 2. The van der Waals surface area contributed by atoms with E-state index in [4.69, 9.17) is 15.2 Å². The fourth-order valence-corrected chi connectivity index (χ4v) is 1.37. The van der Waals surface area contributed by atoms with E-state index in [2.05, 4.69) is 12.2 Å². The number of rotatable bonds is 6. The number of nitrogens with two attached hydrogens (primary N) is 1. The third-order valence-electron chi connectivity index (χ3n) is 2.49. The molecule has 4 heteroatoms. The van der Waals surface area contributed by atoms with Crippen LogP contribution in [0.2, 0.25) is 0 Å². The highest BCUT2D eigenvalue weighted by atomic mass is 16.5. The molecule has 4 nitrogen and oxygen atoms in total. The Hall–Kier alpha value is -1.26. The molecule has 0 unspecified atom stereocenters. The molecule has 0 aromatic heterocycles. The van der Waals surface area contributed by atoms with Crippen LogP contribution >= 0.6 is 0 Å². The van der Waals surface area contributed by atoms with Crippen LogP contribution in [0.25, 0.3) is 0 Å². The van der Waals surface area contributed by atoms with Crippen molar-refractivity contribution < 1.29 is 9.47 Å². The van der Waals surface area contributed by atoms with Crippen molar-refractivity contribution in [1.82, 2.24) is 5.32 Å². The van der Waals surface area contributed by atoms with Gasteiger partial charge in [0.15, 0.2) is 0 Å². The van der Waals surface area contributed by atoms with Crippen LogP contribution in [0.4, 0.5) is 0 Å². The maximum atomic E-state index is 5.54. The maximum Gasteiger partial charge on any atom is 0.127 e. The van der Waals surface area contributed by atoms with Crippen LogP contribution in [0.1, 0.15) is 12.5 Å². The summed E-state index contributed by atoms with van der Waals surface area (Å²) in [6.45, 7) is 3.42. The van der Waals surface area contributed by atoms with Gasteiger partial charge in [-0.1, -0.05) is 6.07 Å². The lowest BCUT2D eigenvalue weighted by Crippen LogP contribution is -2.32. The standard InChI is InChI=1S/C12H20N2O2/c1-9(7-13)14-8-10-4-5-11(15-2)6-12(10)16-3/h4-6,9,14H,7-8,13H2,1-3H3/t9-/m1/s1. The summed E-state index contributed by atoms with van der Waals surface area (Å²) in [7, 11) is 3.30. The van der Waals surface area contributed by atoms with Crippen molar-refractivity contribution in [1.29, 1.82) is 0 Å². The van der Waals surface area contributed by atoms with Crippen molar-refractivity contribution >= 4 is 0 Å². The Morgan fingerprint density at radius 3 is 2.62 bits per heavy atom. The Balaban J connectivity index is 2.71. The lowest BCUT2D eigenvalue weighted by Gasteiger charge is -2.14. The molecule has 0 aliphatic carbocycles. The van der Waals surface area contributed by atoms with Gasteiger partial charge in [0, 0.05) is 30.8 Å². The fourth-order valence-electron chi connectivity index (χ4n) is 1.37. The highest BCUT2D eigenvalue weighted by Gasteiger charge is 2.06. The van der Waals surface area contributed by atoms with Gasteiger partial charge >= 0.3 is 0 Å². The summed E-state index contributed by atoms with van der Waals surface area (Å²) in [5.41, 5.74) is 6.64. The van der Waals surface area contributed by atoms with Gasteiger partial charge in [-0.3, -0.25) is 0 Å². The molecule has 0 radical (unpaired) electrons. The predicted molar refractivity (Wildman–Crippen MR) is 64.9 cm³/mol. The highest BCUT2D eigenvalue weighted by molar-refractivity contribution is 5.40. The second-order valence-electron chi connectivity index (χ2n) is 3.70. The summed E-state index contributed by atoms with van der Waals surface area (Å²) in [5, 5.41) is 3.31. The van der Waals surface area contributed by atoms with Crippen molar-refractivity contribution in [3.8, 4) is 11.5 Å². The molecular weight excluding hydrogens is 204 g/mol. The molecule has 1 rings (SSSR count). The first-order chi connectivity index (χ1) is 7.71. The lowest BCUT2D eigenvalue weighted by molar-refractivity contribution is 0.389. The fraction of sp³-hybridized carbons (Fsp3) is 0.500. The predicted octanol–water partition coefficient (Wildman–Crippen LogP) is 1.14. The van der Waals surface area contributed by atoms with E-state index in [0.29, 0.717) is 12.6 Å². The number of ether oxygens (including phenoxy) is 2. The van der Waals surface area contributed by atoms with Crippen LogP contribution in [0.15, 0.2) is 18.2 Å². The number of nitrogens with one attached hydrogen (secondary N) is 1. The Morgan fingerprint density at radius 1 is 1.31 bits per heavy atom. The van der Waals surface area contributed by atoms with Crippen LogP contribution in [-0.4, -0.2) is 26.8 Å². The molecule has 0 saturated heterocycles. The Kier molecular flexibility index (Phi) is 5.08. The molecule has 0 spiro atoms. The molecule has 0 saturated carbocycles. The van der Waals surface area contributed by atoms with Gasteiger partial charge in [-0.2, -0.15) is 0 Å². The third-order valence-corrected chi connectivity index (χ3v) is 2.49. The summed E-state index contributed by atoms with van der Waals surface area (Å²) < 4.78 is 10.4. The van der Waals surface area contributed by atoms with E-state index >= 15 is 0 Å². The first kappa shape index (κ1) is 12.8. The van der Waals surface area contributed by atoms with Crippen molar-refractivity contribution in [2.24, 2.45) is 5.73 Å². The highest BCUT2D eigenvalue weighted by Crippen LogP contribution is 2.24. The second kappa shape index (κ2) is 6.35. The van der Waals surface area contributed by atoms with Gasteiger partial charge in [-0.15, -0.1) is 0 Å². The summed E-state index contributed by atoms with van der Waals surface area (Å²) in [4.78, 5) is 0. The molecule has 1 aromatic rings. The zero-order valence-corrected chi connectivity index (χ0v) is 10.1. The zero-order valence-electron chi connectivity index (χ0n) is 10.1. The number of hydrogen-bond acceptors (Lipinski definition) is 4. The van der Waals surface area contributed by atoms with E-state index in [9.17, 15) is 0 Å². The van der Waals surface area contributed by atoms with Crippen LogP contribution in [-0.2, 0) is 6.54 Å². The van der Waals surface area contributed by atoms with E-state index in [-0.39, 0.29) is 0 Å². The van der Waals surface area contributed by atoms with Gasteiger partial charge in [0.1, 0.15) is 11.5 Å². The minimum absolute atomic E-state index is 0.298. The van der Waals surface area contributed by atoms with Gasteiger partial charge < -0.3 is 20.5 Å². The molecule has 0 amide bonds. The van der Waals surface area contributed by atoms with Crippen LogP contribution in [0, 0.1) is 0 Å². The molecule has 1 aromatic carbocycles. The summed E-state index contributed by atoms with van der Waals surface area (Å²) >= 11 is 0. The average molecular weight is 224 g/mol. The van der Waals surface area contributed by atoms with Crippen molar-refractivity contribution in [2.75, 3.05) is 20.8 Å². The Labute approximate surface area is 96.7 Å².